The molecule has 1 aromatic rings. The molecule has 0 aromatic heterocycles. The van der Waals surface area contributed by atoms with E-state index in [1.165, 1.54) is 16.7 Å². The molecule has 2 N–H and O–H groups in total. The molecular formula is C13H19NO. The van der Waals surface area contributed by atoms with Gasteiger partial charge in [0.15, 0.2) is 0 Å². The largest absolute Gasteiger partial charge is 0.375 e. The lowest BCUT2D eigenvalue weighted by atomic mass is 9.84. The third-order valence-corrected chi connectivity index (χ3v) is 2.96. The molecule has 0 aliphatic carbocycles. The summed E-state index contributed by atoms with van der Waals surface area (Å²) in [7, 11) is 0. The summed E-state index contributed by atoms with van der Waals surface area (Å²) in [4.78, 5) is 0. The summed E-state index contributed by atoms with van der Waals surface area (Å²) in [6.45, 7) is 8.00. The highest BCUT2D eigenvalue weighted by atomic mass is 16.5. The van der Waals surface area contributed by atoms with Crippen LogP contribution in [-0.2, 0) is 16.8 Å². The van der Waals surface area contributed by atoms with E-state index in [-0.39, 0.29) is 11.5 Å². The Morgan fingerprint density at radius 2 is 2.07 bits per heavy atom. The zero-order chi connectivity index (χ0) is 11.1. The summed E-state index contributed by atoms with van der Waals surface area (Å²) in [6.07, 6.45) is 0. The molecule has 15 heavy (non-hydrogen) atoms. The molecular weight excluding hydrogens is 186 g/mol. The van der Waals surface area contributed by atoms with Crippen LogP contribution in [0, 0.1) is 0 Å². The van der Waals surface area contributed by atoms with Gasteiger partial charge in [0.1, 0.15) is 0 Å². The lowest BCUT2D eigenvalue weighted by Crippen LogP contribution is -2.24. The van der Waals surface area contributed by atoms with Crippen molar-refractivity contribution in [2.45, 2.75) is 38.8 Å². The Morgan fingerprint density at radius 1 is 1.33 bits per heavy atom. The quantitative estimate of drug-likeness (QED) is 0.706. The van der Waals surface area contributed by atoms with Gasteiger partial charge >= 0.3 is 0 Å². The van der Waals surface area contributed by atoms with Crippen LogP contribution in [0.3, 0.4) is 0 Å². The normalized spacial score (nSPS) is 21.2. The Bertz CT molecular complexity index is 365. The van der Waals surface area contributed by atoms with Crippen molar-refractivity contribution in [3.63, 3.8) is 0 Å². The first-order chi connectivity index (χ1) is 6.98. The van der Waals surface area contributed by atoms with E-state index in [1.54, 1.807) is 0 Å². The summed E-state index contributed by atoms with van der Waals surface area (Å²) >= 11 is 0. The van der Waals surface area contributed by atoms with E-state index in [9.17, 15) is 0 Å². The number of hydrogen-bond donors (Lipinski definition) is 1. The van der Waals surface area contributed by atoms with Crippen LogP contribution in [0.15, 0.2) is 18.2 Å². The maximum atomic E-state index is 5.98. The zero-order valence-corrected chi connectivity index (χ0v) is 9.71. The minimum atomic E-state index is 0.0442. The van der Waals surface area contributed by atoms with E-state index >= 15 is 0 Å². The summed E-state index contributed by atoms with van der Waals surface area (Å²) in [5.41, 5.74) is 10.0. The molecule has 2 heteroatoms. The molecule has 0 amide bonds. The van der Waals surface area contributed by atoms with Crippen molar-refractivity contribution >= 4 is 0 Å². The molecule has 0 saturated heterocycles. The predicted octanol–water partition coefficient (Wildman–Crippen LogP) is 2.51. The Labute approximate surface area is 91.4 Å². The van der Waals surface area contributed by atoms with E-state index in [2.05, 4.69) is 39.0 Å². The van der Waals surface area contributed by atoms with E-state index in [0.29, 0.717) is 13.2 Å². The zero-order valence-electron chi connectivity index (χ0n) is 9.71. The second-order valence-corrected chi connectivity index (χ2v) is 5.29. The van der Waals surface area contributed by atoms with Crippen molar-refractivity contribution in [3.8, 4) is 0 Å². The summed E-state index contributed by atoms with van der Waals surface area (Å²) in [6, 6.07) is 6.62. The second-order valence-electron chi connectivity index (χ2n) is 5.29. The van der Waals surface area contributed by atoms with Crippen molar-refractivity contribution in [3.05, 3.63) is 34.9 Å². The third kappa shape index (κ3) is 2.06. The Kier molecular flexibility index (Phi) is 2.57. The highest BCUT2D eigenvalue weighted by molar-refractivity contribution is 5.37. The molecule has 82 valence electrons. The molecule has 1 aromatic carbocycles. The number of rotatable bonds is 0. The molecule has 0 saturated carbocycles. The van der Waals surface area contributed by atoms with Crippen molar-refractivity contribution in [1.29, 1.82) is 0 Å². The van der Waals surface area contributed by atoms with Crippen LogP contribution in [0.2, 0.25) is 0 Å². The monoisotopic (exact) mass is 205 g/mol. The van der Waals surface area contributed by atoms with Gasteiger partial charge in [0.05, 0.1) is 19.3 Å². The molecule has 1 atom stereocenters. The highest BCUT2D eigenvalue weighted by Crippen LogP contribution is 2.29. The Morgan fingerprint density at radius 3 is 2.73 bits per heavy atom. The van der Waals surface area contributed by atoms with Crippen LogP contribution in [0.25, 0.3) is 0 Å². The first kappa shape index (κ1) is 10.7. The van der Waals surface area contributed by atoms with Gasteiger partial charge in [-0.05, 0) is 22.1 Å². The van der Waals surface area contributed by atoms with Crippen LogP contribution >= 0.6 is 0 Å². The van der Waals surface area contributed by atoms with Gasteiger partial charge in [0.25, 0.3) is 0 Å². The number of ether oxygens (including phenoxy) is 1. The fourth-order valence-electron chi connectivity index (χ4n) is 1.94. The van der Waals surface area contributed by atoms with E-state index in [1.807, 2.05) is 0 Å². The average Bonchev–Trinajstić information content (AvgIpc) is 2.16. The fourth-order valence-corrected chi connectivity index (χ4v) is 1.94. The fraction of sp³-hybridized carbons (Fsp3) is 0.538. The molecule has 2 nitrogen and oxygen atoms in total. The van der Waals surface area contributed by atoms with Crippen molar-refractivity contribution < 1.29 is 4.74 Å². The Balaban J connectivity index is 2.42. The maximum Gasteiger partial charge on any atom is 0.0721 e. The topological polar surface area (TPSA) is 35.2 Å². The first-order valence-corrected chi connectivity index (χ1v) is 5.45. The summed E-state index contributed by atoms with van der Waals surface area (Å²) in [5.74, 6) is 0. The minimum Gasteiger partial charge on any atom is -0.375 e. The molecule has 1 aliphatic rings. The van der Waals surface area contributed by atoms with Gasteiger partial charge in [-0.1, -0.05) is 39.0 Å². The maximum absolute atomic E-state index is 5.98. The lowest BCUT2D eigenvalue weighted by Gasteiger charge is -2.26. The van der Waals surface area contributed by atoms with E-state index in [0.717, 1.165) is 0 Å². The molecule has 0 radical (unpaired) electrons. The number of nitrogens with two attached hydrogens (primary N) is 1. The van der Waals surface area contributed by atoms with Crippen LogP contribution in [0.4, 0.5) is 0 Å². The van der Waals surface area contributed by atoms with Gasteiger partial charge in [-0.15, -0.1) is 0 Å². The predicted molar refractivity (Wildman–Crippen MR) is 61.7 cm³/mol. The van der Waals surface area contributed by atoms with Gasteiger partial charge in [0.2, 0.25) is 0 Å². The molecule has 2 rings (SSSR count). The Hall–Kier alpha value is -0.860. The van der Waals surface area contributed by atoms with Gasteiger partial charge in [-0.2, -0.15) is 0 Å². The second kappa shape index (κ2) is 3.62. The van der Waals surface area contributed by atoms with Crippen molar-refractivity contribution in [2.75, 3.05) is 6.61 Å². The molecule has 0 spiro atoms. The van der Waals surface area contributed by atoms with Gasteiger partial charge in [-0.3, -0.25) is 0 Å². The summed E-state index contributed by atoms with van der Waals surface area (Å²) in [5, 5.41) is 0. The smallest absolute Gasteiger partial charge is 0.0721 e. The molecule has 1 heterocycles. The summed E-state index contributed by atoms with van der Waals surface area (Å²) < 4.78 is 5.45. The van der Waals surface area contributed by atoms with E-state index in [4.69, 9.17) is 10.5 Å². The van der Waals surface area contributed by atoms with Gasteiger partial charge in [-0.25, -0.2) is 0 Å². The molecule has 0 bridgehead atoms. The number of fused-ring (bicyclic) bond motifs is 1. The molecule has 1 aliphatic heterocycles. The van der Waals surface area contributed by atoms with Crippen LogP contribution < -0.4 is 5.73 Å². The lowest BCUT2D eigenvalue weighted by molar-refractivity contribution is 0.0923. The van der Waals surface area contributed by atoms with Crippen LogP contribution in [-0.4, -0.2) is 6.61 Å². The third-order valence-electron chi connectivity index (χ3n) is 2.96. The molecule has 0 unspecified atom stereocenters. The SMILES string of the molecule is CC(C)(C)c1ccc2c(c1)COC[C@@H]2N. The first-order valence-electron chi connectivity index (χ1n) is 5.45. The standard InChI is InChI=1S/C13H19NO/c1-13(2,3)10-4-5-11-9(6-10)7-15-8-12(11)14/h4-6,12H,7-8,14H2,1-3H3/t12-/m0/s1. The number of hydrogen-bond acceptors (Lipinski definition) is 2. The van der Waals surface area contributed by atoms with Gasteiger partial charge < -0.3 is 10.5 Å². The minimum absolute atomic E-state index is 0.0442. The average molecular weight is 205 g/mol. The highest BCUT2D eigenvalue weighted by Gasteiger charge is 2.20. The van der Waals surface area contributed by atoms with E-state index < -0.39 is 0 Å². The van der Waals surface area contributed by atoms with Crippen LogP contribution in [0.5, 0.6) is 0 Å². The number of benzene rings is 1. The van der Waals surface area contributed by atoms with Crippen molar-refractivity contribution in [1.82, 2.24) is 0 Å². The van der Waals surface area contributed by atoms with Gasteiger partial charge in [0, 0.05) is 0 Å². The van der Waals surface area contributed by atoms with Crippen LogP contribution in [0.1, 0.15) is 43.5 Å². The van der Waals surface area contributed by atoms with Crippen molar-refractivity contribution in [2.24, 2.45) is 5.73 Å². The molecule has 0 fully saturated rings.